The van der Waals surface area contributed by atoms with E-state index in [1.54, 1.807) is 24.4 Å². The Bertz CT molecular complexity index is 1020. The Morgan fingerprint density at radius 3 is 2.19 bits per heavy atom. The van der Waals surface area contributed by atoms with Gasteiger partial charge in [0.05, 0.1) is 11.9 Å². The SMILES string of the molecule is Cc1cc(C)c(Nc2ccc(NS(=O)(=O)c3ccc(C)s3)nc2)c(C)c1. The van der Waals surface area contributed by atoms with Crippen LogP contribution in [-0.4, -0.2) is 13.4 Å². The average Bonchev–Trinajstić information content (AvgIpc) is 2.99. The van der Waals surface area contributed by atoms with Gasteiger partial charge >= 0.3 is 0 Å². The largest absolute Gasteiger partial charge is 0.354 e. The van der Waals surface area contributed by atoms with Gasteiger partial charge in [-0.3, -0.25) is 4.72 Å². The molecule has 0 atom stereocenters. The van der Waals surface area contributed by atoms with Gasteiger partial charge in [-0.05, 0) is 63.1 Å². The van der Waals surface area contributed by atoms with E-state index >= 15 is 0 Å². The van der Waals surface area contributed by atoms with Crippen LogP contribution in [0.25, 0.3) is 0 Å². The highest BCUT2D eigenvalue weighted by atomic mass is 32.2. The highest BCUT2D eigenvalue weighted by Crippen LogP contribution is 2.27. The summed E-state index contributed by atoms with van der Waals surface area (Å²) in [5, 5.41) is 3.36. The van der Waals surface area contributed by atoms with Crippen molar-refractivity contribution in [1.29, 1.82) is 0 Å². The molecule has 0 radical (unpaired) electrons. The van der Waals surface area contributed by atoms with E-state index in [9.17, 15) is 8.42 Å². The molecule has 0 saturated carbocycles. The molecule has 0 amide bonds. The lowest BCUT2D eigenvalue weighted by molar-refractivity contribution is 0.603. The number of rotatable bonds is 5. The van der Waals surface area contributed by atoms with Gasteiger partial charge in [0.1, 0.15) is 10.0 Å². The first-order valence-corrected chi connectivity index (χ1v) is 10.4. The van der Waals surface area contributed by atoms with E-state index in [2.05, 4.69) is 47.9 Å². The number of aromatic nitrogens is 1. The van der Waals surface area contributed by atoms with Gasteiger partial charge < -0.3 is 5.32 Å². The molecule has 3 rings (SSSR count). The van der Waals surface area contributed by atoms with E-state index in [4.69, 9.17) is 0 Å². The van der Waals surface area contributed by atoms with Gasteiger partial charge in [-0.15, -0.1) is 11.3 Å². The molecule has 2 N–H and O–H groups in total. The van der Waals surface area contributed by atoms with Crippen molar-refractivity contribution in [2.24, 2.45) is 0 Å². The molecule has 26 heavy (non-hydrogen) atoms. The van der Waals surface area contributed by atoms with Crippen molar-refractivity contribution in [3.8, 4) is 0 Å². The van der Waals surface area contributed by atoms with Gasteiger partial charge in [0.2, 0.25) is 0 Å². The Balaban J connectivity index is 1.77. The van der Waals surface area contributed by atoms with Crippen LogP contribution in [0.1, 0.15) is 21.6 Å². The Labute approximate surface area is 158 Å². The Kier molecular flexibility index (Phi) is 5.02. The first-order valence-electron chi connectivity index (χ1n) is 8.15. The second-order valence-electron chi connectivity index (χ2n) is 6.30. The van der Waals surface area contributed by atoms with Crippen LogP contribution < -0.4 is 10.0 Å². The average molecular weight is 388 g/mol. The van der Waals surface area contributed by atoms with Gasteiger partial charge in [-0.1, -0.05) is 17.7 Å². The molecule has 0 bridgehead atoms. The van der Waals surface area contributed by atoms with Crippen LogP contribution in [0, 0.1) is 27.7 Å². The minimum Gasteiger partial charge on any atom is -0.354 e. The zero-order chi connectivity index (χ0) is 18.9. The topological polar surface area (TPSA) is 71.1 Å². The lowest BCUT2D eigenvalue weighted by Gasteiger charge is -2.14. The van der Waals surface area contributed by atoms with E-state index in [0.29, 0.717) is 5.82 Å². The lowest BCUT2D eigenvalue weighted by atomic mass is 10.1. The molecule has 7 heteroatoms. The van der Waals surface area contributed by atoms with Crippen molar-refractivity contribution in [1.82, 2.24) is 4.98 Å². The fourth-order valence-corrected chi connectivity index (χ4v) is 5.09. The van der Waals surface area contributed by atoms with Gasteiger partial charge in [-0.25, -0.2) is 13.4 Å². The zero-order valence-corrected chi connectivity index (χ0v) is 16.8. The van der Waals surface area contributed by atoms with Crippen LogP contribution in [0.5, 0.6) is 0 Å². The third-order valence-corrected chi connectivity index (χ3v) is 6.78. The normalized spacial score (nSPS) is 11.4. The minimum absolute atomic E-state index is 0.282. The second-order valence-corrected chi connectivity index (χ2v) is 9.50. The second kappa shape index (κ2) is 7.09. The van der Waals surface area contributed by atoms with E-state index in [1.807, 2.05) is 13.0 Å². The van der Waals surface area contributed by atoms with Crippen LogP contribution in [0.2, 0.25) is 0 Å². The number of anilines is 3. The van der Waals surface area contributed by atoms with Crippen LogP contribution in [0.3, 0.4) is 0 Å². The van der Waals surface area contributed by atoms with Crippen molar-refractivity contribution in [3.63, 3.8) is 0 Å². The third kappa shape index (κ3) is 4.05. The number of benzene rings is 1. The zero-order valence-electron chi connectivity index (χ0n) is 15.1. The summed E-state index contributed by atoms with van der Waals surface area (Å²) in [6.07, 6.45) is 1.62. The molecule has 0 aliphatic carbocycles. The number of nitrogens with zero attached hydrogens (tertiary/aromatic N) is 1. The van der Waals surface area contributed by atoms with Gasteiger partial charge in [0, 0.05) is 10.6 Å². The molecular formula is C19H21N3O2S2. The summed E-state index contributed by atoms with van der Waals surface area (Å²) in [7, 11) is -3.60. The molecule has 136 valence electrons. The van der Waals surface area contributed by atoms with E-state index < -0.39 is 10.0 Å². The third-order valence-electron chi connectivity index (χ3n) is 3.93. The molecule has 0 aliphatic rings. The fraction of sp³-hybridized carbons (Fsp3) is 0.211. The summed E-state index contributed by atoms with van der Waals surface area (Å²) in [4.78, 5) is 5.17. The van der Waals surface area contributed by atoms with Gasteiger partial charge in [0.15, 0.2) is 0 Å². The first kappa shape index (κ1) is 18.4. The monoisotopic (exact) mass is 387 g/mol. The number of hydrogen-bond donors (Lipinski definition) is 2. The summed E-state index contributed by atoms with van der Waals surface area (Å²) >= 11 is 1.23. The highest BCUT2D eigenvalue weighted by molar-refractivity contribution is 7.94. The molecule has 1 aromatic carbocycles. The molecule has 0 spiro atoms. The maximum Gasteiger partial charge on any atom is 0.272 e. The van der Waals surface area contributed by atoms with Crippen molar-refractivity contribution in [2.45, 2.75) is 31.9 Å². The number of pyridine rings is 1. The molecule has 0 aliphatic heterocycles. The predicted molar refractivity (Wildman–Crippen MR) is 108 cm³/mol. The lowest BCUT2D eigenvalue weighted by Crippen LogP contribution is -2.12. The molecule has 0 fully saturated rings. The van der Waals surface area contributed by atoms with Gasteiger partial charge in [0.25, 0.3) is 10.0 Å². The molecule has 2 heterocycles. The number of aryl methyl sites for hydroxylation is 4. The van der Waals surface area contributed by atoms with Crippen LogP contribution >= 0.6 is 11.3 Å². The molecule has 3 aromatic rings. The fourth-order valence-electron chi connectivity index (χ4n) is 2.79. The maximum absolute atomic E-state index is 12.4. The smallest absolute Gasteiger partial charge is 0.272 e. The van der Waals surface area contributed by atoms with Crippen LogP contribution in [-0.2, 0) is 10.0 Å². The quantitative estimate of drug-likeness (QED) is 0.652. The molecule has 0 saturated heterocycles. The van der Waals surface area contributed by atoms with Crippen molar-refractivity contribution >= 4 is 38.6 Å². The number of thiophene rings is 1. The van der Waals surface area contributed by atoms with Crippen molar-refractivity contribution < 1.29 is 8.42 Å². The van der Waals surface area contributed by atoms with Crippen LogP contribution in [0.15, 0.2) is 46.8 Å². The summed E-state index contributed by atoms with van der Waals surface area (Å²) in [5.74, 6) is 0.291. The Hall–Kier alpha value is -2.38. The van der Waals surface area contributed by atoms with Crippen LogP contribution in [0.4, 0.5) is 17.2 Å². The molecular weight excluding hydrogens is 366 g/mol. The summed E-state index contributed by atoms with van der Waals surface area (Å²) in [5.41, 5.74) is 5.37. The number of hydrogen-bond acceptors (Lipinski definition) is 5. The molecule has 0 unspecified atom stereocenters. The number of sulfonamides is 1. The minimum atomic E-state index is -3.60. The Morgan fingerprint density at radius 1 is 0.962 bits per heavy atom. The maximum atomic E-state index is 12.4. The first-order chi connectivity index (χ1) is 12.2. The summed E-state index contributed by atoms with van der Waals surface area (Å²) < 4.78 is 27.5. The highest BCUT2D eigenvalue weighted by Gasteiger charge is 2.16. The molecule has 2 aromatic heterocycles. The predicted octanol–water partition coefficient (Wildman–Crippen LogP) is 4.92. The van der Waals surface area contributed by atoms with E-state index in [-0.39, 0.29) is 4.21 Å². The van der Waals surface area contributed by atoms with Crippen molar-refractivity contribution in [2.75, 3.05) is 10.0 Å². The standard InChI is InChI=1S/C19H21N3O2S2/c1-12-9-13(2)19(14(3)10-12)21-16-6-7-17(20-11-16)22-26(23,24)18-8-5-15(4)25-18/h5-11,21H,1-4H3,(H,20,22). The Morgan fingerprint density at radius 2 is 1.65 bits per heavy atom. The molecule has 5 nitrogen and oxygen atoms in total. The summed E-state index contributed by atoms with van der Waals surface area (Å²) in [6, 6.07) is 11.1. The summed E-state index contributed by atoms with van der Waals surface area (Å²) in [6.45, 7) is 8.06. The number of nitrogens with one attached hydrogen (secondary N) is 2. The van der Waals surface area contributed by atoms with E-state index in [1.165, 1.54) is 16.9 Å². The van der Waals surface area contributed by atoms with Crippen molar-refractivity contribution in [3.05, 3.63) is 64.2 Å². The van der Waals surface area contributed by atoms with Gasteiger partial charge in [-0.2, -0.15) is 0 Å². The van der Waals surface area contributed by atoms with E-state index in [0.717, 1.165) is 27.4 Å².